The van der Waals surface area contributed by atoms with Crippen LogP contribution in [0, 0.1) is 0 Å². The molecule has 1 saturated heterocycles. The molecule has 1 aliphatic rings. The van der Waals surface area contributed by atoms with Gasteiger partial charge in [-0.2, -0.15) is 13.2 Å². The highest BCUT2D eigenvalue weighted by Gasteiger charge is 2.34. The predicted molar refractivity (Wildman–Crippen MR) is 98.0 cm³/mol. The van der Waals surface area contributed by atoms with Crippen LogP contribution in [0.25, 0.3) is 0 Å². The summed E-state index contributed by atoms with van der Waals surface area (Å²) in [5, 5.41) is 2.58. The van der Waals surface area contributed by atoms with Crippen molar-refractivity contribution in [1.29, 1.82) is 0 Å². The van der Waals surface area contributed by atoms with Crippen LogP contribution in [0.15, 0.2) is 42.6 Å². The molecule has 0 radical (unpaired) electrons. The minimum atomic E-state index is -4.55. The topological polar surface area (TPSA) is 48.5 Å². The molecule has 144 valence electrons. The first-order chi connectivity index (χ1) is 12.8. The second kappa shape index (κ2) is 8.04. The third-order valence-electron chi connectivity index (χ3n) is 4.32. The number of amides is 1. The molecule has 0 aliphatic carbocycles. The second-order valence-electron chi connectivity index (χ2n) is 6.10. The summed E-state index contributed by atoms with van der Waals surface area (Å²) in [7, 11) is 0. The van der Waals surface area contributed by atoms with E-state index in [0.717, 1.165) is 11.9 Å². The Morgan fingerprint density at radius 2 is 1.89 bits per heavy atom. The highest BCUT2D eigenvalue weighted by atomic mass is 35.5. The molecule has 0 spiro atoms. The number of hydrogen-bond donors (Lipinski definition) is 1. The van der Waals surface area contributed by atoms with Crippen LogP contribution in [0.1, 0.15) is 5.56 Å². The highest BCUT2D eigenvalue weighted by Crippen LogP contribution is 2.36. The zero-order chi connectivity index (χ0) is 19.4. The summed E-state index contributed by atoms with van der Waals surface area (Å²) in [6.07, 6.45) is -2.84. The van der Waals surface area contributed by atoms with Gasteiger partial charge in [0.15, 0.2) is 0 Å². The van der Waals surface area contributed by atoms with E-state index >= 15 is 0 Å². The Morgan fingerprint density at radius 3 is 2.52 bits per heavy atom. The molecule has 1 aliphatic heterocycles. The summed E-state index contributed by atoms with van der Waals surface area (Å²) < 4.78 is 39.3. The van der Waals surface area contributed by atoms with Crippen molar-refractivity contribution in [3.63, 3.8) is 0 Å². The Balaban J connectivity index is 1.57. The van der Waals surface area contributed by atoms with E-state index in [0.29, 0.717) is 26.2 Å². The van der Waals surface area contributed by atoms with Crippen molar-refractivity contribution in [2.45, 2.75) is 6.18 Å². The van der Waals surface area contributed by atoms with Gasteiger partial charge < -0.3 is 15.1 Å². The van der Waals surface area contributed by atoms with Gasteiger partial charge >= 0.3 is 6.18 Å². The van der Waals surface area contributed by atoms with Crippen LogP contribution >= 0.6 is 11.6 Å². The number of carbonyl (C=O) groups excluding carboxylic acids is 1. The lowest BCUT2D eigenvalue weighted by molar-refractivity contribution is -0.137. The maximum absolute atomic E-state index is 13.1. The fraction of sp³-hybridized carbons (Fsp3) is 0.333. The number of benzene rings is 1. The Bertz CT molecular complexity index is 793. The van der Waals surface area contributed by atoms with E-state index in [1.54, 1.807) is 11.1 Å². The fourth-order valence-electron chi connectivity index (χ4n) is 2.91. The molecule has 1 fully saturated rings. The zero-order valence-electron chi connectivity index (χ0n) is 14.3. The number of halogens is 4. The number of nitrogens with one attached hydrogen (secondary N) is 1. The van der Waals surface area contributed by atoms with Crippen LogP contribution in [-0.4, -0.2) is 48.5 Å². The molecule has 0 saturated carbocycles. The largest absolute Gasteiger partial charge is 0.418 e. The molecular formula is C18H18ClF3N4O. The summed E-state index contributed by atoms with van der Waals surface area (Å²) in [6, 6.07) is 9.07. The number of carbonyl (C=O) groups is 1. The summed E-state index contributed by atoms with van der Waals surface area (Å²) in [5.41, 5.74) is -1.05. The Morgan fingerprint density at radius 1 is 1.15 bits per heavy atom. The monoisotopic (exact) mass is 398 g/mol. The standard InChI is InChI=1S/C18H18ClF3N4O/c19-13-4-5-15(14(11-13)18(20,21)22)24-12-17(27)26-9-7-25(8-10-26)16-3-1-2-6-23-16/h1-6,11,24H,7-10,12H2. The van der Waals surface area contributed by atoms with Gasteiger partial charge in [-0.15, -0.1) is 0 Å². The summed E-state index contributed by atoms with van der Waals surface area (Å²) in [6.45, 7) is 2.01. The maximum Gasteiger partial charge on any atom is 0.418 e. The van der Waals surface area contributed by atoms with Crippen molar-refractivity contribution in [1.82, 2.24) is 9.88 Å². The third kappa shape index (κ3) is 4.82. The summed E-state index contributed by atoms with van der Waals surface area (Å²) in [5.74, 6) is 0.595. The number of nitrogens with zero attached hydrogens (tertiary/aromatic N) is 3. The summed E-state index contributed by atoms with van der Waals surface area (Å²) >= 11 is 5.66. The van der Waals surface area contributed by atoms with Crippen LogP contribution in [0.2, 0.25) is 5.02 Å². The van der Waals surface area contributed by atoms with Crippen molar-refractivity contribution in [2.24, 2.45) is 0 Å². The highest BCUT2D eigenvalue weighted by molar-refractivity contribution is 6.30. The van der Waals surface area contributed by atoms with E-state index in [4.69, 9.17) is 11.6 Å². The van der Waals surface area contributed by atoms with Gasteiger partial charge in [0, 0.05) is 43.1 Å². The van der Waals surface area contributed by atoms with Gasteiger partial charge in [0.1, 0.15) is 5.82 Å². The number of pyridine rings is 1. The lowest BCUT2D eigenvalue weighted by Gasteiger charge is -2.35. The molecule has 2 heterocycles. The Labute approximate surface area is 159 Å². The van der Waals surface area contributed by atoms with E-state index in [-0.39, 0.29) is 23.2 Å². The molecule has 0 bridgehead atoms. The number of aromatic nitrogens is 1. The minimum absolute atomic E-state index is 0.00940. The van der Waals surface area contributed by atoms with Crippen molar-refractivity contribution >= 4 is 29.0 Å². The SMILES string of the molecule is O=C(CNc1ccc(Cl)cc1C(F)(F)F)N1CCN(c2ccccn2)CC1. The molecule has 3 rings (SSSR count). The first-order valence-corrected chi connectivity index (χ1v) is 8.77. The Hall–Kier alpha value is -2.48. The normalized spacial score (nSPS) is 15.0. The molecule has 1 aromatic heterocycles. The Kier molecular flexibility index (Phi) is 5.74. The first-order valence-electron chi connectivity index (χ1n) is 8.39. The van der Waals surface area contributed by atoms with E-state index in [1.165, 1.54) is 12.1 Å². The van der Waals surface area contributed by atoms with Gasteiger partial charge in [0.25, 0.3) is 0 Å². The third-order valence-corrected chi connectivity index (χ3v) is 4.56. The van der Waals surface area contributed by atoms with Crippen LogP contribution in [0.3, 0.4) is 0 Å². The van der Waals surface area contributed by atoms with Crippen molar-refractivity contribution in [3.8, 4) is 0 Å². The van der Waals surface area contributed by atoms with Crippen molar-refractivity contribution in [2.75, 3.05) is 42.9 Å². The van der Waals surface area contributed by atoms with Gasteiger partial charge in [-0.1, -0.05) is 17.7 Å². The first kappa shape index (κ1) is 19.3. The van der Waals surface area contributed by atoms with Gasteiger partial charge in [0.05, 0.1) is 12.1 Å². The fourth-order valence-corrected chi connectivity index (χ4v) is 3.09. The number of piperazine rings is 1. The lowest BCUT2D eigenvalue weighted by Crippen LogP contribution is -2.50. The average Bonchev–Trinajstić information content (AvgIpc) is 2.67. The van der Waals surface area contributed by atoms with Crippen LogP contribution in [-0.2, 0) is 11.0 Å². The van der Waals surface area contributed by atoms with E-state index < -0.39 is 11.7 Å². The summed E-state index contributed by atoms with van der Waals surface area (Å²) in [4.78, 5) is 20.3. The predicted octanol–water partition coefficient (Wildman–Crippen LogP) is 3.51. The lowest BCUT2D eigenvalue weighted by atomic mass is 10.1. The average molecular weight is 399 g/mol. The van der Waals surface area contributed by atoms with Crippen molar-refractivity contribution < 1.29 is 18.0 Å². The quantitative estimate of drug-likeness (QED) is 0.856. The molecule has 1 N–H and O–H groups in total. The van der Waals surface area contributed by atoms with Gasteiger partial charge in [0.2, 0.25) is 5.91 Å². The minimum Gasteiger partial charge on any atom is -0.376 e. The van der Waals surface area contributed by atoms with E-state index in [2.05, 4.69) is 15.2 Å². The molecular weight excluding hydrogens is 381 g/mol. The van der Waals surface area contributed by atoms with Crippen LogP contribution in [0.4, 0.5) is 24.7 Å². The van der Waals surface area contributed by atoms with E-state index in [9.17, 15) is 18.0 Å². The smallest absolute Gasteiger partial charge is 0.376 e. The molecule has 27 heavy (non-hydrogen) atoms. The van der Waals surface area contributed by atoms with Crippen LogP contribution in [0.5, 0.6) is 0 Å². The van der Waals surface area contributed by atoms with Gasteiger partial charge in [-0.25, -0.2) is 4.98 Å². The number of anilines is 2. The molecule has 5 nitrogen and oxygen atoms in total. The zero-order valence-corrected chi connectivity index (χ0v) is 15.1. The van der Waals surface area contributed by atoms with Crippen LogP contribution < -0.4 is 10.2 Å². The number of hydrogen-bond acceptors (Lipinski definition) is 4. The maximum atomic E-state index is 13.1. The molecule has 9 heteroatoms. The van der Waals surface area contributed by atoms with Gasteiger partial charge in [-0.05, 0) is 30.3 Å². The second-order valence-corrected chi connectivity index (χ2v) is 6.53. The molecule has 0 unspecified atom stereocenters. The number of rotatable bonds is 4. The van der Waals surface area contributed by atoms with E-state index in [1.807, 2.05) is 18.2 Å². The molecule has 1 aromatic carbocycles. The molecule has 1 amide bonds. The molecule has 2 aromatic rings. The number of alkyl halides is 3. The molecule has 0 atom stereocenters. The van der Waals surface area contributed by atoms with Gasteiger partial charge in [-0.3, -0.25) is 4.79 Å². The van der Waals surface area contributed by atoms with Crippen molar-refractivity contribution in [3.05, 3.63) is 53.2 Å².